The molecule has 0 atom stereocenters. The van der Waals surface area contributed by atoms with Crippen molar-refractivity contribution in [1.29, 1.82) is 0 Å². The molecule has 1 amide bonds. The molecule has 0 N–H and O–H groups in total. The molecule has 7 heteroatoms. The summed E-state index contributed by atoms with van der Waals surface area (Å²) < 4.78 is 7.78. The fraction of sp³-hybridized carbons (Fsp3) is 0.333. The van der Waals surface area contributed by atoms with Gasteiger partial charge >= 0.3 is 0 Å². The molecule has 0 saturated heterocycles. The van der Waals surface area contributed by atoms with E-state index in [1.807, 2.05) is 34.2 Å². The summed E-state index contributed by atoms with van der Waals surface area (Å²) in [4.78, 5) is 19.1. The summed E-state index contributed by atoms with van der Waals surface area (Å²) in [7, 11) is 1.96. The Balaban J connectivity index is 1.43. The number of nitrogens with zero attached hydrogens (tertiary/aromatic N) is 3. The summed E-state index contributed by atoms with van der Waals surface area (Å²) in [5, 5.41) is 5.08. The van der Waals surface area contributed by atoms with Crippen LogP contribution in [0, 0.1) is 0 Å². The van der Waals surface area contributed by atoms with Crippen molar-refractivity contribution < 1.29 is 9.21 Å². The maximum Gasteiger partial charge on any atom is 0.290 e. The van der Waals surface area contributed by atoms with Crippen molar-refractivity contribution in [1.82, 2.24) is 14.5 Å². The predicted octanol–water partition coefficient (Wildman–Crippen LogP) is 4.17. The van der Waals surface area contributed by atoms with Gasteiger partial charge in [0.1, 0.15) is 5.76 Å². The molecular weight excluding hydrogens is 354 g/mol. The number of carbonyl (C=O) groups excluding carboxylic acids is 1. The van der Waals surface area contributed by atoms with Crippen LogP contribution >= 0.6 is 23.1 Å². The number of thiophene rings is 1. The van der Waals surface area contributed by atoms with Crippen LogP contribution in [-0.2, 0) is 19.3 Å². The van der Waals surface area contributed by atoms with Crippen LogP contribution in [-0.4, -0.2) is 26.4 Å². The number of aromatic nitrogens is 2. The van der Waals surface area contributed by atoms with Crippen LogP contribution in [0.1, 0.15) is 34.7 Å². The third-order valence-electron chi connectivity index (χ3n) is 4.17. The molecule has 0 radical (unpaired) electrons. The van der Waals surface area contributed by atoms with Gasteiger partial charge in [0.2, 0.25) is 0 Å². The van der Waals surface area contributed by atoms with Crippen molar-refractivity contribution in [3.05, 3.63) is 58.4 Å². The van der Waals surface area contributed by atoms with E-state index in [-0.39, 0.29) is 5.91 Å². The van der Waals surface area contributed by atoms with Crippen LogP contribution < -0.4 is 0 Å². The number of furan rings is 1. The van der Waals surface area contributed by atoms with Crippen LogP contribution in [0.3, 0.4) is 0 Å². The molecule has 3 heterocycles. The highest BCUT2D eigenvalue weighted by Gasteiger charge is 2.34. The molecule has 130 valence electrons. The highest BCUT2D eigenvalue weighted by molar-refractivity contribution is 7.98. The number of hydrogen-bond donors (Lipinski definition) is 0. The molecule has 25 heavy (non-hydrogen) atoms. The highest BCUT2D eigenvalue weighted by atomic mass is 32.2. The number of amides is 1. The molecule has 0 aromatic carbocycles. The molecule has 4 rings (SSSR count). The number of aryl methyl sites for hydroxylation is 1. The lowest BCUT2D eigenvalue weighted by atomic mass is 10.3. The molecular formula is C18H19N3O2S2. The molecule has 1 aliphatic rings. The molecule has 0 spiro atoms. The lowest BCUT2D eigenvalue weighted by Crippen LogP contribution is -2.32. The van der Waals surface area contributed by atoms with Crippen molar-refractivity contribution in [2.75, 3.05) is 0 Å². The van der Waals surface area contributed by atoms with Crippen molar-refractivity contribution in [2.24, 2.45) is 7.05 Å². The minimum Gasteiger partial charge on any atom is -0.455 e. The van der Waals surface area contributed by atoms with E-state index in [1.165, 1.54) is 5.56 Å². The third-order valence-corrected chi connectivity index (χ3v) is 5.99. The summed E-state index contributed by atoms with van der Waals surface area (Å²) in [6, 6.07) is 6.10. The van der Waals surface area contributed by atoms with E-state index >= 15 is 0 Å². The van der Waals surface area contributed by atoms with Gasteiger partial charge in [-0.05, 0) is 47.4 Å². The van der Waals surface area contributed by atoms with Crippen LogP contribution in [0.4, 0.5) is 0 Å². The first kappa shape index (κ1) is 16.5. The van der Waals surface area contributed by atoms with Crippen LogP contribution in [0.25, 0.3) is 0 Å². The highest BCUT2D eigenvalue weighted by Crippen LogP contribution is 2.31. The summed E-state index contributed by atoms with van der Waals surface area (Å²) in [6.07, 6.45) is 5.85. The number of rotatable bonds is 7. The average Bonchev–Trinajstić information content (AvgIpc) is 3.02. The van der Waals surface area contributed by atoms with E-state index in [4.69, 9.17) is 4.42 Å². The number of carbonyl (C=O) groups is 1. The molecule has 1 fully saturated rings. The quantitative estimate of drug-likeness (QED) is 0.583. The lowest BCUT2D eigenvalue weighted by Gasteiger charge is -2.20. The van der Waals surface area contributed by atoms with E-state index in [0.717, 1.165) is 23.8 Å². The van der Waals surface area contributed by atoms with Crippen molar-refractivity contribution in [3.63, 3.8) is 0 Å². The van der Waals surface area contributed by atoms with Crippen LogP contribution in [0.15, 0.2) is 50.9 Å². The minimum atomic E-state index is -0.0121. The molecule has 0 aliphatic heterocycles. The number of hydrogen-bond acceptors (Lipinski definition) is 5. The summed E-state index contributed by atoms with van der Waals surface area (Å²) in [6.45, 7) is 0.658. The van der Waals surface area contributed by atoms with Gasteiger partial charge in [-0.15, -0.1) is 0 Å². The Kier molecular flexibility index (Phi) is 4.67. The zero-order valence-corrected chi connectivity index (χ0v) is 15.6. The zero-order chi connectivity index (χ0) is 17.2. The number of thioether (sulfide) groups is 1. The van der Waals surface area contributed by atoms with Gasteiger partial charge in [0, 0.05) is 32.0 Å². The largest absolute Gasteiger partial charge is 0.455 e. The fourth-order valence-electron chi connectivity index (χ4n) is 2.67. The van der Waals surface area contributed by atoms with E-state index in [0.29, 0.717) is 24.1 Å². The van der Waals surface area contributed by atoms with E-state index in [1.54, 1.807) is 35.4 Å². The van der Waals surface area contributed by atoms with Gasteiger partial charge < -0.3 is 13.9 Å². The monoisotopic (exact) mass is 373 g/mol. The van der Waals surface area contributed by atoms with Gasteiger partial charge in [-0.3, -0.25) is 4.79 Å². The topological polar surface area (TPSA) is 51.3 Å². The predicted molar refractivity (Wildman–Crippen MR) is 98.7 cm³/mol. The second-order valence-corrected chi connectivity index (χ2v) is 7.89. The molecule has 1 saturated carbocycles. The van der Waals surface area contributed by atoms with Gasteiger partial charge in [0.15, 0.2) is 10.9 Å². The maximum atomic E-state index is 12.9. The van der Waals surface area contributed by atoms with Gasteiger partial charge in [0.25, 0.3) is 5.91 Å². The molecule has 3 aromatic heterocycles. The second kappa shape index (κ2) is 7.09. The Bertz CT molecular complexity index is 849. The first-order chi connectivity index (χ1) is 12.2. The Labute approximate surface area is 154 Å². The molecule has 0 unspecified atom stereocenters. The molecule has 5 nitrogen and oxygen atoms in total. The first-order valence-corrected chi connectivity index (χ1v) is 10.1. The van der Waals surface area contributed by atoms with Crippen LogP contribution in [0.2, 0.25) is 0 Å². The zero-order valence-electron chi connectivity index (χ0n) is 13.9. The van der Waals surface area contributed by atoms with Gasteiger partial charge in [0.05, 0.1) is 5.75 Å². The Hall–Kier alpha value is -1.99. The second-order valence-electron chi connectivity index (χ2n) is 6.17. The SMILES string of the molecule is Cn1ccnc1SCc1ccc(C(=O)N(Cc2ccsc2)C2CC2)o1. The standard InChI is InChI=1S/C18H19N3O2S2/c1-20-8-7-19-18(20)25-12-15-4-5-16(23-15)17(22)21(14-2-3-14)10-13-6-9-24-11-13/h4-9,11,14H,2-3,10,12H2,1H3. The molecule has 1 aliphatic carbocycles. The van der Waals surface area contributed by atoms with Gasteiger partial charge in [-0.25, -0.2) is 4.98 Å². The first-order valence-electron chi connectivity index (χ1n) is 8.21. The summed E-state index contributed by atoms with van der Waals surface area (Å²) in [5.74, 6) is 1.87. The van der Waals surface area contributed by atoms with Crippen molar-refractivity contribution in [2.45, 2.75) is 36.3 Å². The average molecular weight is 374 g/mol. The molecule has 3 aromatic rings. The van der Waals surface area contributed by atoms with E-state index < -0.39 is 0 Å². The summed E-state index contributed by atoms with van der Waals surface area (Å²) >= 11 is 3.26. The Morgan fingerprint density at radius 3 is 3.00 bits per heavy atom. The lowest BCUT2D eigenvalue weighted by molar-refractivity contribution is 0.0696. The summed E-state index contributed by atoms with van der Waals surface area (Å²) in [5.41, 5.74) is 1.18. The van der Waals surface area contributed by atoms with Gasteiger partial charge in [-0.1, -0.05) is 11.8 Å². The minimum absolute atomic E-state index is 0.0121. The fourth-order valence-corrected chi connectivity index (χ4v) is 4.16. The normalized spacial score (nSPS) is 14.0. The smallest absolute Gasteiger partial charge is 0.290 e. The Morgan fingerprint density at radius 1 is 1.44 bits per heavy atom. The van der Waals surface area contributed by atoms with E-state index in [2.05, 4.69) is 16.4 Å². The van der Waals surface area contributed by atoms with Crippen molar-refractivity contribution in [3.8, 4) is 0 Å². The third kappa shape index (κ3) is 3.82. The Morgan fingerprint density at radius 2 is 2.32 bits per heavy atom. The van der Waals surface area contributed by atoms with Crippen LogP contribution in [0.5, 0.6) is 0 Å². The maximum absolute atomic E-state index is 12.9. The molecule has 0 bridgehead atoms. The number of imidazole rings is 1. The van der Waals surface area contributed by atoms with Gasteiger partial charge in [-0.2, -0.15) is 11.3 Å². The van der Waals surface area contributed by atoms with E-state index in [9.17, 15) is 4.79 Å². The van der Waals surface area contributed by atoms with Crippen molar-refractivity contribution >= 4 is 29.0 Å².